The summed E-state index contributed by atoms with van der Waals surface area (Å²) < 4.78 is 11.9. The van der Waals surface area contributed by atoms with Crippen molar-refractivity contribution >= 4 is 23.2 Å². The molecule has 1 aromatic heterocycles. The summed E-state index contributed by atoms with van der Waals surface area (Å²) in [7, 11) is 5.67. The predicted octanol–water partition coefficient (Wildman–Crippen LogP) is 4.50. The van der Waals surface area contributed by atoms with Crippen LogP contribution in [0.15, 0.2) is 42.6 Å². The molecule has 210 valence electrons. The van der Waals surface area contributed by atoms with Gasteiger partial charge in [-0.05, 0) is 69.6 Å². The monoisotopic (exact) mass is 551 g/mol. The molecule has 4 heterocycles. The number of nitriles is 1. The number of benzene rings is 2. The Morgan fingerprint density at radius 3 is 2.54 bits per heavy atom. The molecule has 3 fully saturated rings. The standard InChI is InChI=1S/C31H33N7O3/c1-36-13-11-30(12-14-36)18-38(19-30)21-7-8-23(25(15-21)40-3)34-29-33-17-20(16-32)27(35-29)41-24-6-4-5-22-26(24)28(39)37(2)31(22)9-10-31/h4-8,15,17H,9-14,18-19H2,1-3H3,(H,33,34,35). The first-order valence-electron chi connectivity index (χ1n) is 14.1. The van der Waals surface area contributed by atoms with Crippen LogP contribution in [0.3, 0.4) is 0 Å². The van der Waals surface area contributed by atoms with Crippen LogP contribution in [0, 0.1) is 16.7 Å². The Balaban J connectivity index is 1.11. The van der Waals surface area contributed by atoms with Crippen molar-refractivity contribution in [2.45, 2.75) is 31.2 Å². The average Bonchev–Trinajstić information content (AvgIpc) is 3.75. The molecular formula is C31H33N7O3. The lowest BCUT2D eigenvalue weighted by Crippen LogP contribution is -2.60. The summed E-state index contributed by atoms with van der Waals surface area (Å²) in [6.07, 6.45) is 5.79. The van der Waals surface area contributed by atoms with Crippen LogP contribution in [0.25, 0.3) is 0 Å². The summed E-state index contributed by atoms with van der Waals surface area (Å²) in [4.78, 5) is 28.6. The Kier molecular flexibility index (Phi) is 5.84. The molecule has 2 spiro atoms. The van der Waals surface area contributed by atoms with Gasteiger partial charge >= 0.3 is 0 Å². The van der Waals surface area contributed by atoms with E-state index in [-0.39, 0.29) is 28.8 Å². The highest BCUT2D eigenvalue weighted by Crippen LogP contribution is 2.57. The predicted molar refractivity (Wildman–Crippen MR) is 154 cm³/mol. The lowest BCUT2D eigenvalue weighted by Gasteiger charge is -2.54. The van der Waals surface area contributed by atoms with Crippen LogP contribution < -0.4 is 19.7 Å². The number of amides is 1. The van der Waals surface area contributed by atoms with Crippen molar-refractivity contribution in [2.75, 3.05) is 57.6 Å². The molecule has 4 aliphatic rings. The van der Waals surface area contributed by atoms with Gasteiger partial charge in [0.2, 0.25) is 11.8 Å². The molecule has 0 bridgehead atoms. The van der Waals surface area contributed by atoms with Gasteiger partial charge in [0.1, 0.15) is 23.1 Å². The molecule has 0 atom stereocenters. The quantitative estimate of drug-likeness (QED) is 0.474. The van der Waals surface area contributed by atoms with Gasteiger partial charge in [-0.2, -0.15) is 10.2 Å². The van der Waals surface area contributed by atoms with E-state index in [0.29, 0.717) is 28.2 Å². The number of ether oxygens (including phenoxy) is 2. The van der Waals surface area contributed by atoms with Gasteiger partial charge in [-0.25, -0.2) is 4.98 Å². The first kappa shape index (κ1) is 25.6. The maximum Gasteiger partial charge on any atom is 0.258 e. The van der Waals surface area contributed by atoms with Gasteiger partial charge < -0.3 is 29.5 Å². The number of hydrogen-bond donors (Lipinski definition) is 1. The van der Waals surface area contributed by atoms with Crippen LogP contribution in [0.2, 0.25) is 0 Å². The van der Waals surface area contributed by atoms with E-state index in [2.05, 4.69) is 44.3 Å². The Labute approximate surface area is 239 Å². The van der Waals surface area contributed by atoms with E-state index in [1.54, 1.807) is 18.1 Å². The van der Waals surface area contributed by atoms with Crippen molar-refractivity contribution in [3.8, 4) is 23.4 Å². The zero-order chi connectivity index (χ0) is 28.4. The third kappa shape index (κ3) is 4.15. The maximum atomic E-state index is 13.1. The number of methoxy groups -OCH3 is 1. The number of aromatic nitrogens is 2. The van der Waals surface area contributed by atoms with Gasteiger partial charge in [-0.1, -0.05) is 12.1 Å². The zero-order valence-electron chi connectivity index (χ0n) is 23.6. The number of anilines is 3. The van der Waals surface area contributed by atoms with Crippen molar-refractivity contribution < 1.29 is 14.3 Å². The molecule has 10 heteroatoms. The molecule has 1 amide bonds. The number of hydrogen-bond acceptors (Lipinski definition) is 9. The first-order valence-corrected chi connectivity index (χ1v) is 14.1. The molecule has 41 heavy (non-hydrogen) atoms. The normalized spacial score (nSPS) is 20.0. The number of nitrogens with zero attached hydrogens (tertiary/aromatic N) is 6. The van der Waals surface area contributed by atoms with Gasteiger partial charge in [0.05, 0.1) is 30.1 Å². The highest BCUT2D eigenvalue weighted by molar-refractivity contribution is 6.03. The topological polar surface area (TPSA) is 107 Å². The molecule has 7 rings (SSSR count). The average molecular weight is 552 g/mol. The minimum absolute atomic E-state index is 0.0761. The lowest BCUT2D eigenvalue weighted by molar-refractivity contribution is 0.0753. The van der Waals surface area contributed by atoms with Crippen molar-refractivity contribution in [1.29, 1.82) is 5.26 Å². The lowest BCUT2D eigenvalue weighted by atomic mass is 9.72. The number of carbonyl (C=O) groups is 1. The summed E-state index contributed by atoms with van der Waals surface area (Å²) in [5.41, 5.74) is 3.72. The fourth-order valence-corrected chi connectivity index (χ4v) is 6.63. The van der Waals surface area contributed by atoms with Gasteiger partial charge in [0, 0.05) is 37.3 Å². The molecule has 0 unspecified atom stereocenters. The Morgan fingerprint density at radius 1 is 1.05 bits per heavy atom. The van der Waals surface area contributed by atoms with E-state index in [1.807, 2.05) is 31.3 Å². The second-order valence-electron chi connectivity index (χ2n) is 11.9. The molecule has 1 N–H and O–H groups in total. The van der Waals surface area contributed by atoms with E-state index in [4.69, 9.17) is 9.47 Å². The molecule has 1 aliphatic carbocycles. The second kappa shape index (κ2) is 9.35. The smallest absolute Gasteiger partial charge is 0.258 e. The third-order valence-corrected chi connectivity index (χ3v) is 9.39. The van der Waals surface area contributed by atoms with Crippen LogP contribution in [-0.2, 0) is 5.54 Å². The molecular weight excluding hydrogens is 518 g/mol. The SMILES string of the molecule is COc1cc(N2CC3(CCN(C)CC3)C2)ccc1Nc1ncc(C#N)c(Oc2cccc3c2C(=O)N(C)C32CC2)n1. The summed E-state index contributed by atoms with van der Waals surface area (Å²) in [5.74, 6) is 1.33. The minimum atomic E-state index is -0.227. The molecule has 0 radical (unpaired) electrons. The molecule has 3 aliphatic heterocycles. The highest BCUT2D eigenvalue weighted by Gasteiger charge is 2.57. The third-order valence-electron chi connectivity index (χ3n) is 9.39. The molecule has 10 nitrogen and oxygen atoms in total. The molecule has 2 aromatic carbocycles. The summed E-state index contributed by atoms with van der Waals surface area (Å²) in [6.45, 7) is 4.46. The van der Waals surface area contributed by atoms with Gasteiger partial charge in [-0.3, -0.25) is 4.79 Å². The van der Waals surface area contributed by atoms with Crippen molar-refractivity contribution in [3.63, 3.8) is 0 Å². The van der Waals surface area contributed by atoms with Gasteiger partial charge in [0.25, 0.3) is 5.91 Å². The van der Waals surface area contributed by atoms with Crippen molar-refractivity contribution in [2.24, 2.45) is 5.41 Å². The number of fused-ring (bicyclic) bond motifs is 2. The number of piperidine rings is 1. The van der Waals surface area contributed by atoms with Crippen LogP contribution in [0.5, 0.6) is 17.4 Å². The maximum absolute atomic E-state index is 13.1. The van der Waals surface area contributed by atoms with Crippen LogP contribution in [-0.4, -0.2) is 73.1 Å². The number of nitrogens with one attached hydrogen (secondary N) is 1. The summed E-state index contributed by atoms with van der Waals surface area (Å²) >= 11 is 0. The van der Waals surface area contributed by atoms with Gasteiger partial charge in [-0.15, -0.1) is 0 Å². The van der Waals surface area contributed by atoms with Crippen molar-refractivity contribution in [1.82, 2.24) is 19.8 Å². The molecule has 3 aromatic rings. The van der Waals surface area contributed by atoms with Crippen LogP contribution >= 0.6 is 0 Å². The number of likely N-dealkylation sites (tertiary alicyclic amines) is 1. The second-order valence-corrected chi connectivity index (χ2v) is 11.9. The Morgan fingerprint density at radius 2 is 1.83 bits per heavy atom. The van der Waals surface area contributed by atoms with Crippen LogP contribution in [0.1, 0.15) is 47.2 Å². The minimum Gasteiger partial charge on any atom is -0.494 e. The summed E-state index contributed by atoms with van der Waals surface area (Å²) in [6, 6.07) is 13.8. The largest absolute Gasteiger partial charge is 0.494 e. The Hall–Kier alpha value is -4.36. The highest BCUT2D eigenvalue weighted by atomic mass is 16.5. The van der Waals surface area contributed by atoms with Gasteiger partial charge in [0.15, 0.2) is 0 Å². The summed E-state index contributed by atoms with van der Waals surface area (Å²) in [5, 5.41) is 12.9. The Bertz CT molecular complexity index is 1580. The van der Waals surface area contributed by atoms with Crippen LogP contribution in [0.4, 0.5) is 17.3 Å². The van der Waals surface area contributed by atoms with E-state index >= 15 is 0 Å². The number of carbonyl (C=O) groups excluding carboxylic acids is 1. The van der Waals surface area contributed by atoms with E-state index < -0.39 is 0 Å². The van der Waals surface area contributed by atoms with E-state index in [9.17, 15) is 10.1 Å². The van der Waals surface area contributed by atoms with E-state index in [1.165, 1.54) is 19.0 Å². The molecule has 2 saturated heterocycles. The molecule has 1 saturated carbocycles. The zero-order valence-corrected chi connectivity index (χ0v) is 23.6. The van der Waals surface area contributed by atoms with Crippen molar-refractivity contribution in [3.05, 3.63) is 59.3 Å². The fourth-order valence-electron chi connectivity index (χ4n) is 6.63. The fraction of sp³-hybridized carbons (Fsp3) is 0.419. The first-order chi connectivity index (χ1) is 19.8. The van der Waals surface area contributed by atoms with E-state index in [0.717, 1.165) is 50.3 Å². The number of rotatable bonds is 6.